The van der Waals surface area contributed by atoms with E-state index in [1.54, 1.807) is 80.5 Å². The molecule has 3 amide bonds. The highest BCUT2D eigenvalue weighted by atomic mass is 16.6. The maximum absolute atomic E-state index is 14.2. The minimum atomic E-state index is -1.00. The summed E-state index contributed by atoms with van der Waals surface area (Å²) in [6.45, 7) is 9.45. The van der Waals surface area contributed by atoms with E-state index in [1.807, 2.05) is 20.8 Å². The average Bonchev–Trinajstić information content (AvgIpc) is 3.98. The number of esters is 1. The number of phenols is 2. The lowest BCUT2D eigenvalue weighted by Gasteiger charge is -2.39. The zero-order valence-electron chi connectivity index (χ0n) is 40.8. The number of carbonyl (C=O) groups is 4. The van der Waals surface area contributed by atoms with Crippen molar-refractivity contribution >= 4 is 34.8 Å². The number of carbonyl (C=O) groups excluding carboxylic acids is 4. The summed E-state index contributed by atoms with van der Waals surface area (Å²) < 4.78 is 26.3. The second-order valence-corrected chi connectivity index (χ2v) is 18.9. The smallest absolute Gasteiger partial charge is 0.415 e. The van der Waals surface area contributed by atoms with Gasteiger partial charge in [0, 0.05) is 74.4 Å². The zero-order valence-corrected chi connectivity index (χ0v) is 40.8. The van der Waals surface area contributed by atoms with Crippen molar-refractivity contribution in [3.63, 3.8) is 0 Å². The molecule has 3 aromatic heterocycles. The van der Waals surface area contributed by atoms with Gasteiger partial charge in [0.05, 0.1) is 34.6 Å². The third-order valence-corrected chi connectivity index (χ3v) is 14.2. The van der Waals surface area contributed by atoms with Crippen LogP contribution in [0.5, 0.6) is 23.0 Å². The van der Waals surface area contributed by atoms with Crippen LogP contribution in [0.25, 0.3) is 39.4 Å². The van der Waals surface area contributed by atoms with Gasteiger partial charge in [0.25, 0.3) is 11.5 Å². The molecular weight excluding hydrogens is 925 g/mol. The molecule has 19 nitrogen and oxygen atoms in total. The van der Waals surface area contributed by atoms with E-state index in [1.165, 1.54) is 13.2 Å². The average molecular weight is 981 g/mol. The SMILES string of the molecule is CCNC(=O)c1nnc(-c2cc(C(C)C)c(O)cc2O)n1-c1ccc(OC2CCN(C(=O)C3CCCCN3C(=O)Oc3ccc4nc5c(c(CC)c4c3)Cn3c-5cc4c(c3=O)COC(=O)C4OC)CC2)cc1. The van der Waals surface area contributed by atoms with Crippen LogP contribution >= 0.6 is 0 Å². The Morgan fingerprint density at radius 1 is 0.889 bits per heavy atom. The van der Waals surface area contributed by atoms with Gasteiger partial charge >= 0.3 is 12.1 Å². The van der Waals surface area contributed by atoms with Crippen LogP contribution in [-0.4, -0.2) is 114 Å². The number of aryl methyl sites for hydroxylation is 1. The van der Waals surface area contributed by atoms with Gasteiger partial charge in [-0.1, -0.05) is 20.8 Å². The summed E-state index contributed by atoms with van der Waals surface area (Å²) in [5.74, 6) is -0.296. The van der Waals surface area contributed by atoms with Gasteiger partial charge in [0.1, 0.15) is 41.8 Å². The Bertz CT molecular complexity index is 3210. The fourth-order valence-electron chi connectivity index (χ4n) is 10.5. The number of piperidine rings is 2. The Morgan fingerprint density at radius 3 is 2.38 bits per heavy atom. The van der Waals surface area contributed by atoms with Gasteiger partial charge in [-0.25, -0.2) is 14.6 Å². The van der Waals surface area contributed by atoms with E-state index in [-0.39, 0.29) is 59.8 Å². The number of hydrogen-bond acceptors (Lipinski definition) is 14. The first kappa shape index (κ1) is 47.9. The van der Waals surface area contributed by atoms with Crippen LogP contribution < -0.4 is 20.3 Å². The number of ether oxygens (including phenoxy) is 4. The highest BCUT2D eigenvalue weighted by Crippen LogP contribution is 2.41. The fraction of sp³-hybridized carbons (Fsp3) is 0.396. The van der Waals surface area contributed by atoms with Gasteiger partial charge in [0.15, 0.2) is 11.9 Å². The highest BCUT2D eigenvalue weighted by molar-refractivity contribution is 5.93. The largest absolute Gasteiger partial charge is 0.508 e. The lowest BCUT2D eigenvalue weighted by atomic mass is 9.97. The molecule has 2 atom stereocenters. The molecule has 0 aliphatic carbocycles. The van der Waals surface area contributed by atoms with Gasteiger partial charge in [-0.3, -0.25) is 23.9 Å². The van der Waals surface area contributed by atoms with Crippen molar-refractivity contribution in [3.05, 3.63) is 105 Å². The number of amides is 3. The van der Waals surface area contributed by atoms with Crippen molar-refractivity contribution in [1.29, 1.82) is 0 Å². The van der Waals surface area contributed by atoms with Crippen LogP contribution in [0.4, 0.5) is 4.79 Å². The maximum Gasteiger partial charge on any atom is 0.415 e. The van der Waals surface area contributed by atoms with Crippen LogP contribution in [0.15, 0.2) is 65.5 Å². The van der Waals surface area contributed by atoms with Crippen LogP contribution in [-0.2, 0) is 38.6 Å². The van der Waals surface area contributed by atoms with Gasteiger partial charge in [-0.15, -0.1) is 10.2 Å². The minimum Gasteiger partial charge on any atom is -0.508 e. The number of fused-ring (bicyclic) bond motifs is 5. The number of nitrogens with zero attached hydrogens (tertiary/aromatic N) is 7. The van der Waals surface area contributed by atoms with Gasteiger partial charge < -0.3 is 43.9 Å². The molecule has 72 heavy (non-hydrogen) atoms. The number of pyridine rings is 2. The normalized spacial score (nSPS) is 17.6. The van der Waals surface area contributed by atoms with E-state index >= 15 is 0 Å². The second-order valence-electron chi connectivity index (χ2n) is 18.9. The van der Waals surface area contributed by atoms with E-state index in [2.05, 4.69) is 15.5 Å². The monoisotopic (exact) mass is 980 g/mol. The van der Waals surface area contributed by atoms with Gasteiger partial charge in [0.2, 0.25) is 11.7 Å². The summed E-state index contributed by atoms with van der Waals surface area (Å²) in [5.41, 5.74) is 5.82. The molecular formula is C53H56N8O11. The Hall–Kier alpha value is -7.80. The molecule has 0 saturated carbocycles. The Labute approximate surface area is 414 Å². The maximum atomic E-state index is 14.2. The first-order valence-electron chi connectivity index (χ1n) is 24.5. The number of likely N-dealkylation sites (tertiary alicyclic amines) is 2. The highest BCUT2D eigenvalue weighted by Gasteiger charge is 2.39. The Morgan fingerprint density at radius 2 is 1.65 bits per heavy atom. The molecule has 6 aromatic rings. The Kier molecular flexibility index (Phi) is 12.9. The van der Waals surface area contributed by atoms with Crippen LogP contribution in [0.1, 0.15) is 110 Å². The van der Waals surface area contributed by atoms with Crippen molar-refractivity contribution in [2.75, 3.05) is 33.3 Å². The molecule has 3 N–H and O–H groups in total. The summed E-state index contributed by atoms with van der Waals surface area (Å²) >= 11 is 0. The fourth-order valence-corrected chi connectivity index (χ4v) is 10.5. The molecule has 4 aliphatic heterocycles. The van der Waals surface area contributed by atoms with E-state index in [0.717, 1.165) is 29.4 Å². The van der Waals surface area contributed by atoms with Gasteiger partial charge in [-0.05, 0) is 104 Å². The van der Waals surface area contributed by atoms with E-state index in [0.29, 0.717) is 108 Å². The topological polar surface area (TPSA) is 230 Å². The van der Waals surface area contributed by atoms with Crippen LogP contribution in [0.2, 0.25) is 0 Å². The molecule has 0 spiro atoms. The van der Waals surface area contributed by atoms with Crippen molar-refractivity contribution in [2.24, 2.45) is 0 Å². The number of aromatic nitrogens is 5. The predicted octanol–water partition coefficient (Wildman–Crippen LogP) is 6.69. The molecule has 2 fully saturated rings. The number of nitrogens with one attached hydrogen (secondary N) is 1. The molecule has 19 heteroatoms. The second kappa shape index (κ2) is 19.4. The number of benzene rings is 3. The van der Waals surface area contributed by atoms with Crippen molar-refractivity contribution < 1.29 is 48.3 Å². The third kappa shape index (κ3) is 8.54. The predicted molar refractivity (Wildman–Crippen MR) is 262 cm³/mol. The van der Waals surface area contributed by atoms with Crippen molar-refractivity contribution in [2.45, 2.75) is 104 Å². The van der Waals surface area contributed by atoms with E-state index in [4.69, 9.17) is 23.9 Å². The third-order valence-electron chi connectivity index (χ3n) is 14.2. The number of hydrogen-bond donors (Lipinski definition) is 3. The lowest BCUT2D eigenvalue weighted by molar-refractivity contribution is -0.159. The zero-order chi connectivity index (χ0) is 50.5. The standard InChI is InChI=1S/C53H56N8O11/c1-6-33-35-22-32(15-16-40(35)55-45-38(33)26-60-42(45)24-36-39(50(60)65)27-70-52(67)46(36)69-5)72-53(68)59-19-9-8-10-41(59)51(66)58-20-17-31(18-21-58)71-30-13-11-29(12-14-30)61-47(56-57-48(61)49(64)54-7-2)37-23-34(28(3)4)43(62)25-44(37)63/h11-16,22-25,28,31,41,46,62-63H,6-10,17-21,26-27H2,1-5H3,(H,54,64). The molecule has 4 aliphatic rings. The van der Waals surface area contributed by atoms with Gasteiger partial charge in [-0.2, -0.15) is 0 Å². The molecule has 3 aromatic carbocycles. The number of aromatic hydroxyl groups is 2. The van der Waals surface area contributed by atoms with E-state index < -0.39 is 30.1 Å². The molecule has 374 valence electrons. The number of rotatable bonds is 11. The first-order chi connectivity index (χ1) is 34.8. The molecule has 2 unspecified atom stereocenters. The number of phenolic OH excluding ortho intramolecular Hbond substituents is 2. The minimum absolute atomic E-state index is 0.0201. The molecule has 0 radical (unpaired) electrons. The molecule has 7 heterocycles. The Balaban J connectivity index is 0.803. The van der Waals surface area contributed by atoms with Crippen molar-refractivity contribution in [1.82, 2.24) is 39.4 Å². The van der Waals surface area contributed by atoms with Crippen LogP contribution in [0, 0.1) is 0 Å². The van der Waals surface area contributed by atoms with E-state index in [9.17, 15) is 34.2 Å². The van der Waals surface area contributed by atoms with Crippen molar-refractivity contribution in [3.8, 4) is 51.5 Å². The molecule has 10 rings (SSSR count). The quantitative estimate of drug-likeness (QED) is 0.115. The summed E-state index contributed by atoms with van der Waals surface area (Å²) in [4.78, 5) is 75.9. The summed E-state index contributed by atoms with van der Waals surface area (Å²) in [6.07, 6.45) is 2.00. The van der Waals surface area contributed by atoms with Crippen LogP contribution in [0.3, 0.4) is 0 Å². The summed E-state index contributed by atoms with van der Waals surface area (Å²) in [6, 6.07) is 16.4. The lowest BCUT2D eigenvalue weighted by Crippen LogP contribution is -2.55. The summed E-state index contributed by atoms with van der Waals surface area (Å²) in [7, 11) is 1.41. The molecule has 2 saturated heterocycles. The summed E-state index contributed by atoms with van der Waals surface area (Å²) in [5, 5.41) is 33.5. The molecule has 0 bridgehead atoms. The first-order valence-corrected chi connectivity index (χ1v) is 24.5. The number of methoxy groups -OCH3 is 1. The number of cyclic esters (lactones) is 1.